The summed E-state index contributed by atoms with van der Waals surface area (Å²) in [6, 6.07) is 13.8. The van der Waals surface area contributed by atoms with Gasteiger partial charge in [0.05, 0.1) is 30.4 Å². The van der Waals surface area contributed by atoms with Crippen LogP contribution < -0.4 is 10.3 Å². The molecule has 7 heteroatoms. The van der Waals surface area contributed by atoms with Gasteiger partial charge in [-0.05, 0) is 18.4 Å². The number of rotatable bonds is 6. The number of ether oxygens (including phenoxy) is 2. The predicted octanol–water partition coefficient (Wildman–Crippen LogP) is 3.87. The lowest BCUT2D eigenvalue weighted by atomic mass is 10.1. The fourth-order valence-electron chi connectivity index (χ4n) is 3.06. The summed E-state index contributed by atoms with van der Waals surface area (Å²) in [6.45, 7) is 2.61. The molecule has 28 heavy (non-hydrogen) atoms. The van der Waals surface area contributed by atoms with Crippen molar-refractivity contribution in [1.29, 1.82) is 0 Å². The zero-order chi connectivity index (χ0) is 19.5. The van der Waals surface area contributed by atoms with E-state index in [0.717, 1.165) is 16.5 Å². The minimum atomic E-state index is -0.502. The zero-order valence-electron chi connectivity index (χ0n) is 15.3. The van der Waals surface area contributed by atoms with Gasteiger partial charge in [0.25, 0.3) is 5.56 Å². The summed E-state index contributed by atoms with van der Waals surface area (Å²) in [5.41, 5.74) is -0.000468. The molecule has 0 aliphatic rings. The van der Waals surface area contributed by atoms with Crippen molar-refractivity contribution in [3.05, 3.63) is 70.1 Å². The predicted molar refractivity (Wildman–Crippen MR) is 109 cm³/mol. The van der Waals surface area contributed by atoms with E-state index in [1.165, 1.54) is 22.2 Å². The quantitative estimate of drug-likeness (QED) is 0.464. The van der Waals surface area contributed by atoms with Crippen LogP contribution in [0.15, 0.2) is 59.0 Å². The van der Waals surface area contributed by atoms with Crippen LogP contribution in [0, 0.1) is 0 Å². The minimum absolute atomic E-state index is 0.253. The summed E-state index contributed by atoms with van der Waals surface area (Å²) in [5, 5.41) is 4.04. The summed E-state index contributed by atoms with van der Waals surface area (Å²) in [5.74, 6) is 0.264. The second-order valence-electron chi connectivity index (χ2n) is 6.12. The highest BCUT2D eigenvalue weighted by atomic mass is 32.1. The Morgan fingerprint density at radius 2 is 2.00 bits per heavy atom. The molecule has 4 aromatic rings. The monoisotopic (exact) mass is 394 g/mol. The maximum atomic E-state index is 12.8. The van der Waals surface area contributed by atoms with E-state index in [1.807, 2.05) is 42.5 Å². The smallest absolute Gasteiger partial charge is 0.339 e. The molecule has 0 amide bonds. The van der Waals surface area contributed by atoms with Crippen LogP contribution in [0.3, 0.4) is 0 Å². The molecular formula is C21H18N2O4S. The van der Waals surface area contributed by atoms with Gasteiger partial charge in [0.1, 0.15) is 17.2 Å². The maximum Gasteiger partial charge on any atom is 0.339 e. The second kappa shape index (κ2) is 7.82. The summed E-state index contributed by atoms with van der Waals surface area (Å²) in [4.78, 5) is 29.8. The van der Waals surface area contributed by atoms with Crippen molar-refractivity contribution in [3.63, 3.8) is 0 Å². The Hall–Kier alpha value is -3.19. The second-order valence-corrected chi connectivity index (χ2v) is 6.98. The van der Waals surface area contributed by atoms with E-state index in [0.29, 0.717) is 23.4 Å². The molecule has 0 atom stereocenters. The number of carbonyl (C=O) groups is 1. The Labute approximate surface area is 165 Å². The number of hydrogen-bond donors (Lipinski definition) is 0. The van der Waals surface area contributed by atoms with Crippen molar-refractivity contribution in [3.8, 4) is 5.75 Å². The number of thiophene rings is 1. The lowest BCUT2D eigenvalue weighted by Crippen LogP contribution is -2.24. The first-order valence-electron chi connectivity index (χ1n) is 8.93. The van der Waals surface area contributed by atoms with Gasteiger partial charge in [-0.1, -0.05) is 36.4 Å². The standard InChI is InChI=1S/C21H18N2O4S/c1-2-26-21(25)16-12-28-19-18(16)20(24)23(13-22-19)10-11-27-17-9-5-7-14-6-3-4-8-15(14)17/h3-9,12-13H,2,10-11H2,1H3. The molecule has 2 aromatic heterocycles. The third kappa shape index (κ3) is 3.36. The molecule has 0 N–H and O–H groups in total. The number of benzene rings is 2. The van der Waals surface area contributed by atoms with Gasteiger partial charge in [-0.3, -0.25) is 9.36 Å². The average Bonchev–Trinajstić information content (AvgIpc) is 3.15. The van der Waals surface area contributed by atoms with E-state index >= 15 is 0 Å². The SMILES string of the molecule is CCOC(=O)c1csc2ncn(CCOc3cccc4ccccc34)c(=O)c12. The van der Waals surface area contributed by atoms with E-state index in [1.54, 1.807) is 12.3 Å². The largest absolute Gasteiger partial charge is 0.491 e. The van der Waals surface area contributed by atoms with Crippen LogP contribution in [0.2, 0.25) is 0 Å². The molecule has 0 aliphatic heterocycles. The highest BCUT2D eigenvalue weighted by Crippen LogP contribution is 2.25. The van der Waals surface area contributed by atoms with Crippen molar-refractivity contribution < 1.29 is 14.3 Å². The van der Waals surface area contributed by atoms with Crippen LogP contribution in [-0.2, 0) is 11.3 Å². The third-order valence-electron chi connectivity index (χ3n) is 4.40. The topological polar surface area (TPSA) is 70.4 Å². The van der Waals surface area contributed by atoms with Crippen LogP contribution >= 0.6 is 11.3 Å². The summed E-state index contributed by atoms with van der Waals surface area (Å²) >= 11 is 1.26. The third-order valence-corrected chi connectivity index (χ3v) is 5.28. The number of aromatic nitrogens is 2. The highest BCUT2D eigenvalue weighted by Gasteiger charge is 2.18. The fourth-order valence-corrected chi connectivity index (χ4v) is 3.93. The van der Waals surface area contributed by atoms with E-state index in [9.17, 15) is 9.59 Å². The van der Waals surface area contributed by atoms with Crippen molar-refractivity contribution in [2.45, 2.75) is 13.5 Å². The molecule has 6 nitrogen and oxygen atoms in total. The molecule has 0 spiro atoms. The fraction of sp³-hybridized carbons (Fsp3) is 0.190. The minimum Gasteiger partial charge on any atom is -0.491 e. The Balaban J connectivity index is 1.57. The van der Waals surface area contributed by atoms with Crippen LogP contribution in [0.4, 0.5) is 0 Å². The van der Waals surface area contributed by atoms with Gasteiger partial charge in [-0.15, -0.1) is 11.3 Å². The molecule has 0 unspecified atom stereocenters. The van der Waals surface area contributed by atoms with Gasteiger partial charge >= 0.3 is 5.97 Å². The molecule has 0 fully saturated rings. The Kier molecular flexibility index (Phi) is 5.08. The summed E-state index contributed by atoms with van der Waals surface area (Å²) in [7, 11) is 0. The van der Waals surface area contributed by atoms with Gasteiger partial charge < -0.3 is 9.47 Å². The van der Waals surface area contributed by atoms with Crippen molar-refractivity contribution >= 4 is 38.3 Å². The summed E-state index contributed by atoms with van der Waals surface area (Å²) in [6.07, 6.45) is 1.49. The maximum absolute atomic E-state index is 12.8. The molecule has 0 bridgehead atoms. The first kappa shape index (κ1) is 18.2. The van der Waals surface area contributed by atoms with Gasteiger partial charge in [0.15, 0.2) is 0 Å². The molecule has 142 valence electrons. The number of nitrogens with zero attached hydrogens (tertiary/aromatic N) is 2. The first-order chi connectivity index (χ1) is 13.7. The molecule has 2 aromatic carbocycles. The van der Waals surface area contributed by atoms with Gasteiger partial charge in [0, 0.05) is 10.8 Å². The number of carbonyl (C=O) groups excluding carboxylic acids is 1. The Bertz CT molecular complexity index is 1210. The normalized spacial score (nSPS) is 11.0. The van der Waals surface area contributed by atoms with E-state index < -0.39 is 5.97 Å². The van der Waals surface area contributed by atoms with Gasteiger partial charge in [-0.2, -0.15) is 0 Å². The number of esters is 1. The summed E-state index contributed by atoms with van der Waals surface area (Å²) < 4.78 is 12.4. The molecule has 0 aliphatic carbocycles. The highest BCUT2D eigenvalue weighted by molar-refractivity contribution is 7.17. The number of hydrogen-bond acceptors (Lipinski definition) is 6. The van der Waals surface area contributed by atoms with Crippen LogP contribution in [0.5, 0.6) is 5.75 Å². The molecular weight excluding hydrogens is 376 g/mol. The first-order valence-corrected chi connectivity index (χ1v) is 9.81. The average molecular weight is 394 g/mol. The lowest BCUT2D eigenvalue weighted by Gasteiger charge is -2.10. The van der Waals surface area contributed by atoms with Gasteiger partial charge in [-0.25, -0.2) is 9.78 Å². The van der Waals surface area contributed by atoms with Crippen molar-refractivity contribution in [2.24, 2.45) is 0 Å². The van der Waals surface area contributed by atoms with Crippen LogP contribution in [0.25, 0.3) is 21.0 Å². The Morgan fingerprint density at radius 1 is 1.18 bits per heavy atom. The lowest BCUT2D eigenvalue weighted by molar-refractivity contribution is 0.0529. The van der Waals surface area contributed by atoms with E-state index in [-0.39, 0.29) is 17.7 Å². The molecule has 0 saturated carbocycles. The van der Waals surface area contributed by atoms with Crippen molar-refractivity contribution in [1.82, 2.24) is 9.55 Å². The van der Waals surface area contributed by atoms with Crippen LogP contribution in [0.1, 0.15) is 17.3 Å². The van der Waals surface area contributed by atoms with Crippen LogP contribution in [-0.4, -0.2) is 28.7 Å². The molecule has 0 radical (unpaired) electrons. The van der Waals surface area contributed by atoms with E-state index in [4.69, 9.17) is 9.47 Å². The Morgan fingerprint density at radius 3 is 2.86 bits per heavy atom. The van der Waals surface area contributed by atoms with Gasteiger partial charge in [0.2, 0.25) is 0 Å². The number of fused-ring (bicyclic) bond motifs is 2. The molecule has 2 heterocycles. The zero-order valence-corrected chi connectivity index (χ0v) is 16.1. The molecule has 0 saturated heterocycles. The van der Waals surface area contributed by atoms with E-state index in [2.05, 4.69) is 4.98 Å². The molecule has 4 rings (SSSR count). The van der Waals surface area contributed by atoms with Crippen molar-refractivity contribution in [2.75, 3.05) is 13.2 Å².